The SMILES string of the molecule is OC(CNCCOCC1CC1)CN1CCOCC1. The molecule has 106 valence electrons. The van der Waals surface area contributed by atoms with Gasteiger partial charge < -0.3 is 19.9 Å². The summed E-state index contributed by atoms with van der Waals surface area (Å²) < 4.78 is 10.8. The maximum absolute atomic E-state index is 9.87. The Bertz CT molecular complexity index is 218. The van der Waals surface area contributed by atoms with Crippen LogP contribution in [0.4, 0.5) is 0 Å². The van der Waals surface area contributed by atoms with E-state index in [0.717, 1.165) is 58.5 Å². The molecule has 0 amide bonds. The lowest BCUT2D eigenvalue weighted by Crippen LogP contribution is -2.44. The fourth-order valence-corrected chi connectivity index (χ4v) is 2.09. The fourth-order valence-electron chi connectivity index (χ4n) is 2.09. The average molecular weight is 258 g/mol. The van der Waals surface area contributed by atoms with Gasteiger partial charge in [-0.3, -0.25) is 4.90 Å². The number of hydrogen-bond donors (Lipinski definition) is 2. The first-order chi connectivity index (χ1) is 8.84. The lowest BCUT2D eigenvalue weighted by Gasteiger charge is -2.28. The molecular weight excluding hydrogens is 232 g/mol. The molecule has 1 aliphatic heterocycles. The Hall–Kier alpha value is -0.200. The van der Waals surface area contributed by atoms with Gasteiger partial charge in [0.15, 0.2) is 0 Å². The minimum absolute atomic E-state index is 0.300. The summed E-state index contributed by atoms with van der Waals surface area (Å²) in [5.74, 6) is 0.830. The molecule has 5 nitrogen and oxygen atoms in total. The van der Waals surface area contributed by atoms with Crippen molar-refractivity contribution in [3.63, 3.8) is 0 Å². The minimum atomic E-state index is -0.300. The molecule has 18 heavy (non-hydrogen) atoms. The molecule has 2 rings (SSSR count). The van der Waals surface area contributed by atoms with Crippen molar-refractivity contribution in [1.29, 1.82) is 0 Å². The number of ether oxygens (including phenoxy) is 2. The summed E-state index contributed by atoms with van der Waals surface area (Å²) in [5, 5.41) is 13.1. The van der Waals surface area contributed by atoms with Crippen molar-refractivity contribution in [3.8, 4) is 0 Å². The van der Waals surface area contributed by atoms with Crippen LogP contribution < -0.4 is 5.32 Å². The first kappa shape index (κ1) is 14.2. The lowest BCUT2D eigenvalue weighted by atomic mass is 10.3. The normalized spacial score (nSPS) is 23.2. The van der Waals surface area contributed by atoms with Crippen LogP contribution in [0.25, 0.3) is 0 Å². The zero-order valence-electron chi connectivity index (χ0n) is 11.1. The molecule has 2 aliphatic rings. The topological polar surface area (TPSA) is 54.0 Å². The number of rotatable bonds is 9. The van der Waals surface area contributed by atoms with Crippen molar-refractivity contribution in [1.82, 2.24) is 10.2 Å². The molecule has 0 aromatic carbocycles. The smallest absolute Gasteiger partial charge is 0.0791 e. The number of β-amino-alcohol motifs (C(OH)–C–C–N with tert-alkyl or cyclic N) is 1. The van der Waals surface area contributed by atoms with Gasteiger partial charge in [-0.25, -0.2) is 0 Å². The molecule has 2 fully saturated rings. The summed E-state index contributed by atoms with van der Waals surface area (Å²) in [5.41, 5.74) is 0. The third-order valence-electron chi connectivity index (χ3n) is 3.43. The molecule has 0 aromatic heterocycles. The first-order valence-electron chi connectivity index (χ1n) is 7.11. The van der Waals surface area contributed by atoms with E-state index in [0.29, 0.717) is 6.54 Å². The van der Waals surface area contributed by atoms with E-state index >= 15 is 0 Å². The van der Waals surface area contributed by atoms with E-state index in [4.69, 9.17) is 9.47 Å². The van der Waals surface area contributed by atoms with E-state index in [1.807, 2.05) is 0 Å². The average Bonchev–Trinajstić information content (AvgIpc) is 3.19. The molecule has 0 radical (unpaired) electrons. The number of aliphatic hydroxyl groups is 1. The van der Waals surface area contributed by atoms with Gasteiger partial charge in [0.2, 0.25) is 0 Å². The molecule has 1 heterocycles. The standard InChI is InChI=1S/C13H26N2O3/c16-13(10-15-4-7-17-8-5-15)9-14-3-6-18-11-12-1-2-12/h12-14,16H,1-11H2. The van der Waals surface area contributed by atoms with Gasteiger partial charge in [-0.15, -0.1) is 0 Å². The Kier molecular flexibility index (Phi) is 6.37. The molecule has 0 aromatic rings. The van der Waals surface area contributed by atoms with E-state index in [1.165, 1.54) is 12.8 Å². The Morgan fingerprint density at radius 1 is 1.33 bits per heavy atom. The second-order valence-electron chi connectivity index (χ2n) is 5.29. The van der Waals surface area contributed by atoms with Gasteiger partial charge in [-0.1, -0.05) is 0 Å². The van der Waals surface area contributed by atoms with Crippen LogP contribution in [0, 0.1) is 5.92 Å². The van der Waals surface area contributed by atoms with Crippen molar-refractivity contribution in [2.45, 2.75) is 18.9 Å². The van der Waals surface area contributed by atoms with E-state index < -0.39 is 0 Å². The second kappa shape index (κ2) is 8.07. The van der Waals surface area contributed by atoms with Crippen molar-refractivity contribution in [3.05, 3.63) is 0 Å². The van der Waals surface area contributed by atoms with E-state index in [2.05, 4.69) is 10.2 Å². The minimum Gasteiger partial charge on any atom is -0.390 e. The molecule has 1 aliphatic carbocycles. The zero-order chi connectivity index (χ0) is 12.6. The Morgan fingerprint density at radius 3 is 2.83 bits per heavy atom. The second-order valence-corrected chi connectivity index (χ2v) is 5.29. The third kappa shape index (κ3) is 6.11. The quantitative estimate of drug-likeness (QED) is 0.556. The summed E-state index contributed by atoms with van der Waals surface area (Å²) in [6.45, 7) is 7.31. The van der Waals surface area contributed by atoms with E-state index in [9.17, 15) is 5.11 Å². The number of hydrogen-bond acceptors (Lipinski definition) is 5. The van der Waals surface area contributed by atoms with E-state index in [-0.39, 0.29) is 6.10 Å². The summed E-state index contributed by atoms with van der Waals surface area (Å²) in [7, 11) is 0. The molecule has 0 bridgehead atoms. The third-order valence-corrected chi connectivity index (χ3v) is 3.43. The summed E-state index contributed by atoms with van der Waals surface area (Å²) in [4.78, 5) is 2.25. The van der Waals surface area contributed by atoms with Gasteiger partial charge >= 0.3 is 0 Å². The van der Waals surface area contributed by atoms with Crippen LogP contribution in [0.1, 0.15) is 12.8 Å². The molecule has 5 heteroatoms. The van der Waals surface area contributed by atoms with Crippen LogP contribution in [0.5, 0.6) is 0 Å². The number of nitrogens with one attached hydrogen (secondary N) is 1. The van der Waals surface area contributed by atoms with Gasteiger partial charge in [-0.2, -0.15) is 0 Å². The molecule has 0 spiro atoms. The Balaban J connectivity index is 1.39. The number of nitrogens with zero attached hydrogens (tertiary/aromatic N) is 1. The van der Waals surface area contributed by atoms with Crippen molar-refractivity contribution < 1.29 is 14.6 Å². The summed E-state index contributed by atoms with van der Waals surface area (Å²) in [6.07, 6.45) is 2.38. The molecular formula is C13H26N2O3. The predicted molar refractivity (Wildman–Crippen MR) is 69.7 cm³/mol. The van der Waals surface area contributed by atoms with Crippen LogP contribution in [-0.4, -0.2) is 75.3 Å². The van der Waals surface area contributed by atoms with Gasteiger partial charge in [0, 0.05) is 39.3 Å². The van der Waals surface area contributed by atoms with Gasteiger partial charge in [0.25, 0.3) is 0 Å². The van der Waals surface area contributed by atoms with Gasteiger partial charge in [0.05, 0.1) is 25.9 Å². The molecule has 2 N–H and O–H groups in total. The molecule has 1 unspecified atom stereocenters. The number of aliphatic hydroxyl groups excluding tert-OH is 1. The highest BCUT2D eigenvalue weighted by Gasteiger charge is 2.20. The molecule has 1 saturated carbocycles. The van der Waals surface area contributed by atoms with Crippen LogP contribution in [0.3, 0.4) is 0 Å². The molecule has 1 saturated heterocycles. The van der Waals surface area contributed by atoms with Crippen molar-refractivity contribution >= 4 is 0 Å². The molecule has 1 atom stereocenters. The zero-order valence-corrected chi connectivity index (χ0v) is 11.1. The maximum atomic E-state index is 9.87. The monoisotopic (exact) mass is 258 g/mol. The van der Waals surface area contributed by atoms with Gasteiger partial charge in [0.1, 0.15) is 0 Å². The highest BCUT2D eigenvalue weighted by Crippen LogP contribution is 2.28. The number of morpholine rings is 1. The predicted octanol–water partition coefficient (Wildman–Crippen LogP) is -0.304. The van der Waals surface area contributed by atoms with Crippen LogP contribution >= 0.6 is 0 Å². The summed E-state index contributed by atoms with van der Waals surface area (Å²) >= 11 is 0. The Labute approximate surface area is 109 Å². The highest BCUT2D eigenvalue weighted by atomic mass is 16.5. The summed E-state index contributed by atoms with van der Waals surface area (Å²) in [6, 6.07) is 0. The lowest BCUT2D eigenvalue weighted by molar-refractivity contribution is 0.0146. The maximum Gasteiger partial charge on any atom is 0.0791 e. The Morgan fingerprint density at radius 2 is 2.11 bits per heavy atom. The largest absolute Gasteiger partial charge is 0.390 e. The van der Waals surface area contributed by atoms with Crippen molar-refractivity contribution in [2.24, 2.45) is 5.92 Å². The van der Waals surface area contributed by atoms with Crippen molar-refractivity contribution in [2.75, 3.05) is 59.2 Å². The highest BCUT2D eigenvalue weighted by molar-refractivity contribution is 4.72. The van der Waals surface area contributed by atoms with Crippen LogP contribution in [-0.2, 0) is 9.47 Å². The first-order valence-corrected chi connectivity index (χ1v) is 7.11. The fraction of sp³-hybridized carbons (Fsp3) is 1.00. The van der Waals surface area contributed by atoms with Crippen LogP contribution in [0.2, 0.25) is 0 Å². The van der Waals surface area contributed by atoms with Gasteiger partial charge in [-0.05, 0) is 18.8 Å². The van der Waals surface area contributed by atoms with Crippen LogP contribution in [0.15, 0.2) is 0 Å². The van der Waals surface area contributed by atoms with E-state index in [1.54, 1.807) is 0 Å².